The number of rotatable bonds is 5. The fourth-order valence-electron chi connectivity index (χ4n) is 1.97. The van der Waals surface area contributed by atoms with Gasteiger partial charge in [0.25, 0.3) is 5.56 Å². The molecule has 0 aliphatic carbocycles. The highest BCUT2D eigenvalue weighted by Crippen LogP contribution is 2.17. The molecule has 1 aromatic carbocycles. The molecule has 0 saturated carbocycles. The lowest BCUT2D eigenvalue weighted by Crippen LogP contribution is -2.36. The zero-order chi connectivity index (χ0) is 15.6. The molecule has 1 aromatic heterocycles. The standard InChI is InChI=1S/C14H19N3O3S/c1-4-9(2)10(3)17-21(19,20)11-5-6-12-13(7-11)15-8-14(18)16-12/h5-10,17H,4H2,1-3H3,(H,16,18). The summed E-state index contributed by atoms with van der Waals surface area (Å²) in [6.45, 7) is 5.87. The highest BCUT2D eigenvalue weighted by molar-refractivity contribution is 7.89. The summed E-state index contributed by atoms with van der Waals surface area (Å²) >= 11 is 0. The summed E-state index contributed by atoms with van der Waals surface area (Å²) in [6, 6.07) is 4.31. The van der Waals surface area contributed by atoms with Crippen molar-refractivity contribution >= 4 is 21.1 Å². The van der Waals surface area contributed by atoms with Crippen molar-refractivity contribution in [3.63, 3.8) is 0 Å². The van der Waals surface area contributed by atoms with Crippen molar-refractivity contribution in [1.82, 2.24) is 14.7 Å². The first-order valence-electron chi connectivity index (χ1n) is 6.85. The topological polar surface area (TPSA) is 91.9 Å². The van der Waals surface area contributed by atoms with Gasteiger partial charge in [-0.3, -0.25) is 4.79 Å². The molecule has 0 bridgehead atoms. The monoisotopic (exact) mass is 309 g/mol. The van der Waals surface area contributed by atoms with Gasteiger partial charge in [-0.05, 0) is 31.0 Å². The number of hydrogen-bond donors (Lipinski definition) is 2. The third-order valence-electron chi connectivity index (χ3n) is 3.70. The number of fused-ring (bicyclic) bond motifs is 1. The van der Waals surface area contributed by atoms with Crippen molar-refractivity contribution in [2.45, 2.75) is 38.1 Å². The van der Waals surface area contributed by atoms with E-state index in [1.807, 2.05) is 20.8 Å². The molecule has 2 atom stereocenters. The normalized spacial score (nSPS) is 15.0. The third-order valence-corrected chi connectivity index (χ3v) is 5.25. The van der Waals surface area contributed by atoms with Crippen molar-refractivity contribution in [2.75, 3.05) is 0 Å². The summed E-state index contributed by atoms with van der Waals surface area (Å²) < 4.78 is 27.4. The second-order valence-corrected chi connectivity index (χ2v) is 6.94. The Kier molecular flexibility index (Phi) is 4.43. The van der Waals surface area contributed by atoms with Crippen molar-refractivity contribution in [2.24, 2.45) is 5.92 Å². The summed E-state index contributed by atoms with van der Waals surface area (Å²) in [4.78, 5) is 17.9. The Hall–Kier alpha value is -1.73. The zero-order valence-electron chi connectivity index (χ0n) is 12.3. The molecular formula is C14H19N3O3S. The summed E-state index contributed by atoms with van der Waals surface area (Å²) in [6.07, 6.45) is 2.03. The van der Waals surface area contributed by atoms with E-state index >= 15 is 0 Å². The molecule has 0 amide bonds. The Morgan fingerprint density at radius 1 is 1.33 bits per heavy atom. The number of sulfonamides is 1. The van der Waals surface area contributed by atoms with E-state index < -0.39 is 10.0 Å². The molecule has 2 aromatic rings. The second kappa shape index (κ2) is 5.95. The lowest BCUT2D eigenvalue weighted by Gasteiger charge is -2.19. The quantitative estimate of drug-likeness (QED) is 0.878. The van der Waals surface area contributed by atoms with Crippen LogP contribution in [0.25, 0.3) is 11.0 Å². The van der Waals surface area contributed by atoms with Crippen molar-refractivity contribution in [3.8, 4) is 0 Å². The molecule has 2 unspecified atom stereocenters. The molecule has 1 heterocycles. The predicted molar refractivity (Wildman–Crippen MR) is 81.6 cm³/mol. The van der Waals surface area contributed by atoms with Crippen LogP contribution in [-0.2, 0) is 10.0 Å². The summed E-state index contributed by atoms with van der Waals surface area (Å²) in [7, 11) is -3.60. The van der Waals surface area contributed by atoms with E-state index in [-0.39, 0.29) is 22.4 Å². The maximum atomic E-state index is 12.4. The zero-order valence-corrected chi connectivity index (χ0v) is 13.1. The van der Waals surface area contributed by atoms with Gasteiger partial charge in [0, 0.05) is 6.04 Å². The van der Waals surface area contributed by atoms with Crippen LogP contribution in [0.15, 0.2) is 34.1 Å². The maximum absolute atomic E-state index is 12.4. The van der Waals surface area contributed by atoms with Gasteiger partial charge < -0.3 is 4.98 Å². The first kappa shape index (κ1) is 15.7. The van der Waals surface area contributed by atoms with Gasteiger partial charge >= 0.3 is 0 Å². The van der Waals surface area contributed by atoms with Gasteiger partial charge in [0.05, 0.1) is 22.1 Å². The summed E-state index contributed by atoms with van der Waals surface area (Å²) in [5.41, 5.74) is 0.631. The molecule has 6 nitrogen and oxygen atoms in total. The van der Waals surface area contributed by atoms with Crippen LogP contribution in [0, 0.1) is 5.92 Å². The lowest BCUT2D eigenvalue weighted by molar-refractivity contribution is 0.434. The highest BCUT2D eigenvalue weighted by atomic mass is 32.2. The average Bonchev–Trinajstić information content (AvgIpc) is 2.45. The van der Waals surface area contributed by atoms with Crippen LogP contribution < -0.4 is 10.3 Å². The van der Waals surface area contributed by atoms with E-state index in [1.165, 1.54) is 12.1 Å². The number of H-pyrrole nitrogens is 1. The Balaban J connectivity index is 2.36. The van der Waals surface area contributed by atoms with E-state index in [0.717, 1.165) is 12.6 Å². The minimum Gasteiger partial charge on any atom is -0.319 e. The van der Waals surface area contributed by atoms with Crippen LogP contribution >= 0.6 is 0 Å². The molecule has 7 heteroatoms. The Morgan fingerprint density at radius 3 is 2.71 bits per heavy atom. The van der Waals surface area contributed by atoms with Gasteiger partial charge in [-0.2, -0.15) is 0 Å². The van der Waals surface area contributed by atoms with Crippen LogP contribution in [0.2, 0.25) is 0 Å². The smallest absolute Gasteiger partial charge is 0.266 e. The summed E-state index contributed by atoms with van der Waals surface area (Å²) in [5.74, 6) is 0.245. The molecule has 0 fully saturated rings. The Labute approximate surface area is 123 Å². The van der Waals surface area contributed by atoms with Crippen LogP contribution in [-0.4, -0.2) is 24.4 Å². The second-order valence-electron chi connectivity index (χ2n) is 5.22. The number of nitrogens with zero attached hydrogens (tertiary/aromatic N) is 1. The number of nitrogens with one attached hydrogen (secondary N) is 2. The van der Waals surface area contributed by atoms with Crippen molar-refractivity contribution in [1.29, 1.82) is 0 Å². The number of benzene rings is 1. The number of hydrogen-bond acceptors (Lipinski definition) is 4. The average molecular weight is 309 g/mol. The van der Waals surface area contributed by atoms with Crippen LogP contribution in [0.4, 0.5) is 0 Å². The molecule has 0 aliphatic rings. The molecular weight excluding hydrogens is 290 g/mol. The van der Waals surface area contributed by atoms with E-state index in [9.17, 15) is 13.2 Å². The molecule has 114 valence electrons. The SMILES string of the molecule is CCC(C)C(C)NS(=O)(=O)c1ccc2[nH]c(=O)cnc2c1. The summed E-state index contributed by atoms with van der Waals surface area (Å²) in [5, 5.41) is 0. The number of aromatic amines is 1. The Bertz CT molecular complexity index is 798. The molecule has 2 N–H and O–H groups in total. The van der Waals surface area contributed by atoms with Crippen LogP contribution in [0.1, 0.15) is 27.2 Å². The van der Waals surface area contributed by atoms with Gasteiger partial charge in [-0.15, -0.1) is 0 Å². The fourth-order valence-corrected chi connectivity index (χ4v) is 3.34. The Morgan fingerprint density at radius 2 is 2.05 bits per heavy atom. The van der Waals surface area contributed by atoms with Crippen LogP contribution in [0.3, 0.4) is 0 Å². The van der Waals surface area contributed by atoms with E-state index in [0.29, 0.717) is 11.0 Å². The number of aromatic nitrogens is 2. The lowest BCUT2D eigenvalue weighted by atomic mass is 10.0. The van der Waals surface area contributed by atoms with Crippen LogP contribution in [0.5, 0.6) is 0 Å². The molecule has 0 spiro atoms. The minimum atomic E-state index is -3.60. The van der Waals surface area contributed by atoms with Gasteiger partial charge in [-0.1, -0.05) is 20.3 Å². The minimum absolute atomic E-state index is 0.143. The molecule has 21 heavy (non-hydrogen) atoms. The first-order chi connectivity index (χ1) is 9.83. The van der Waals surface area contributed by atoms with Gasteiger partial charge in [-0.25, -0.2) is 18.1 Å². The molecule has 0 aliphatic heterocycles. The fraction of sp³-hybridized carbons (Fsp3) is 0.429. The first-order valence-corrected chi connectivity index (χ1v) is 8.33. The molecule has 0 saturated heterocycles. The van der Waals surface area contributed by atoms with Gasteiger partial charge in [0.2, 0.25) is 10.0 Å². The van der Waals surface area contributed by atoms with Gasteiger partial charge in [0.1, 0.15) is 0 Å². The predicted octanol–water partition coefficient (Wildman–Crippen LogP) is 1.64. The van der Waals surface area contributed by atoms with E-state index in [1.54, 1.807) is 6.07 Å². The van der Waals surface area contributed by atoms with E-state index in [2.05, 4.69) is 14.7 Å². The largest absolute Gasteiger partial charge is 0.319 e. The maximum Gasteiger partial charge on any atom is 0.266 e. The van der Waals surface area contributed by atoms with E-state index in [4.69, 9.17) is 0 Å². The highest BCUT2D eigenvalue weighted by Gasteiger charge is 2.20. The van der Waals surface area contributed by atoms with Gasteiger partial charge in [0.15, 0.2) is 0 Å². The van der Waals surface area contributed by atoms with Crippen molar-refractivity contribution < 1.29 is 8.42 Å². The van der Waals surface area contributed by atoms with Crippen molar-refractivity contribution in [3.05, 3.63) is 34.7 Å². The third kappa shape index (κ3) is 3.48. The molecule has 0 radical (unpaired) electrons. The molecule has 2 rings (SSSR count).